The number of Topliss-reactive ketones (excluding diaryl/α,β-unsaturated/α-hetero) is 1. The molecule has 0 heterocycles. The number of carbonyl (C=O) groups excluding carboxylic acids is 1. The Morgan fingerprint density at radius 3 is 2.19 bits per heavy atom. The van der Waals surface area contributed by atoms with Crippen LogP contribution in [0.15, 0.2) is 28.7 Å². The Morgan fingerprint density at radius 1 is 1.19 bits per heavy atom. The van der Waals surface area contributed by atoms with Crippen molar-refractivity contribution in [2.24, 2.45) is 16.7 Å². The zero-order valence-electron chi connectivity index (χ0n) is 10.2. The van der Waals surface area contributed by atoms with Crippen LogP contribution in [0.3, 0.4) is 0 Å². The van der Waals surface area contributed by atoms with Gasteiger partial charge in [0.1, 0.15) is 0 Å². The van der Waals surface area contributed by atoms with E-state index in [4.69, 9.17) is 0 Å². The Morgan fingerprint density at radius 2 is 1.75 bits per heavy atom. The van der Waals surface area contributed by atoms with Gasteiger partial charge in [-0.05, 0) is 23.0 Å². The van der Waals surface area contributed by atoms with Gasteiger partial charge in [-0.2, -0.15) is 0 Å². The molecular formula is C14H17BrO. The van der Waals surface area contributed by atoms with Crippen molar-refractivity contribution in [1.82, 2.24) is 0 Å². The van der Waals surface area contributed by atoms with Crippen molar-refractivity contribution >= 4 is 21.7 Å². The fourth-order valence-corrected chi connectivity index (χ4v) is 3.06. The smallest absolute Gasteiger partial charge is 0.167 e. The van der Waals surface area contributed by atoms with Gasteiger partial charge in [-0.1, -0.05) is 55.8 Å². The molecule has 0 aliphatic heterocycles. The van der Waals surface area contributed by atoms with Crippen molar-refractivity contribution in [2.75, 3.05) is 0 Å². The summed E-state index contributed by atoms with van der Waals surface area (Å²) in [6.45, 7) is 8.70. The fourth-order valence-electron chi connectivity index (χ4n) is 2.66. The van der Waals surface area contributed by atoms with Gasteiger partial charge in [0.15, 0.2) is 5.78 Å². The number of rotatable bonds is 2. The molecule has 2 heteroatoms. The van der Waals surface area contributed by atoms with Crippen LogP contribution >= 0.6 is 15.9 Å². The fraction of sp³-hybridized carbons (Fsp3) is 0.500. The summed E-state index contributed by atoms with van der Waals surface area (Å²) in [5.41, 5.74) is 1.05. The summed E-state index contributed by atoms with van der Waals surface area (Å²) in [7, 11) is 0. The van der Waals surface area contributed by atoms with Gasteiger partial charge in [-0.15, -0.1) is 0 Å². The molecule has 0 bridgehead atoms. The molecule has 0 atom stereocenters. The summed E-state index contributed by atoms with van der Waals surface area (Å²) in [5.74, 6) is 0.422. The van der Waals surface area contributed by atoms with Crippen molar-refractivity contribution in [2.45, 2.75) is 27.7 Å². The zero-order chi connectivity index (χ0) is 12.1. The zero-order valence-corrected chi connectivity index (χ0v) is 11.8. The number of hydrogen-bond donors (Lipinski definition) is 0. The summed E-state index contributed by atoms with van der Waals surface area (Å²) in [4.78, 5) is 12.4. The lowest BCUT2D eigenvalue weighted by Crippen LogP contribution is -2.07. The van der Waals surface area contributed by atoms with Crippen LogP contribution < -0.4 is 0 Å². The van der Waals surface area contributed by atoms with E-state index in [1.807, 2.05) is 24.3 Å². The second-order valence-corrected chi connectivity index (χ2v) is 6.67. The summed E-state index contributed by atoms with van der Waals surface area (Å²) in [6, 6.07) is 7.67. The van der Waals surface area contributed by atoms with Crippen LogP contribution in [0.25, 0.3) is 0 Å². The van der Waals surface area contributed by atoms with E-state index in [0.29, 0.717) is 0 Å². The lowest BCUT2D eigenvalue weighted by Gasteiger charge is -2.03. The van der Waals surface area contributed by atoms with E-state index in [2.05, 4.69) is 43.6 Å². The second-order valence-electron chi connectivity index (χ2n) is 5.75. The molecular weight excluding hydrogens is 264 g/mol. The van der Waals surface area contributed by atoms with Gasteiger partial charge in [0.05, 0.1) is 0 Å². The quantitative estimate of drug-likeness (QED) is 0.738. The van der Waals surface area contributed by atoms with Gasteiger partial charge in [-0.25, -0.2) is 0 Å². The first kappa shape index (κ1) is 11.8. The number of carbonyl (C=O) groups is 1. The molecule has 0 N–H and O–H groups in total. The monoisotopic (exact) mass is 280 g/mol. The van der Waals surface area contributed by atoms with Crippen LogP contribution in [0.2, 0.25) is 0 Å². The Bertz CT molecular complexity index is 432. The molecule has 1 saturated carbocycles. The highest BCUT2D eigenvalue weighted by molar-refractivity contribution is 9.10. The van der Waals surface area contributed by atoms with Crippen molar-refractivity contribution in [1.29, 1.82) is 0 Å². The number of benzene rings is 1. The third-order valence-electron chi connectivity index (χ3n) is 4.39. The lowest BCUT2D eigenvalue weighted by molar-refractivity contribution is 0.0945. The summed E-state index contributed by atoms with van der Waals surface area (Å²) < 4.78 is 0.967. The molecule has 86 valence electrons. The van der Waals surface area contributed by atoms with Crippen LogP contribution in [0.5, 0.6) is 0 Å². The topological polar surface area (TPSA) is 17.1 Å². The molecule has 0 radical (unpaired) electrons. The van der Waals surface area contributed by atoms with Gasteiger partial charge in [0, 0.05) is 16.0 Å². The van der Waals surface area contributed by atoms with E-state index >= 15 is 0 Å². The highest BCUT2D eigenvalue weighted by Gasteiger charge is 2.67. The minimum Gasteiger partial charge on any atom is -0.294 e. The van der Waals surface area contributed by atoms with Crippen LogP contribution in [0.1, 0.15) is 38.1 Å². The molecule has 2 rings (SSSR count). The maximum Gasteiger partial charge on any atom is 0.167 e. The summed E-state index contributed by atoms with van der Waals surface area (Å²) in [5, 5.41) is 0. The van der Waals surface area contributed by atoms with Gasteiger partial charge in [0.25, 0.3) is 0 Å². The van der Waals surface area contributed by atoms with E-state index in [1.54, 1.807) is 0 Å². The van der Waals surface area contributed by atoms with Crippen molar-refractivity contribution in [3.8, 4) is 0 Å². The van der Waals surface area contributed by atoms with Gasteiger partial charge in [0.2, 0.25) is 0 Å². The second kappa shape index (κ2) is 3.43. The number of hydrogen-bond acceptors (Lipinski definition) is 1. The Labute approximate surface area is 105 Å². The molecule has 0 saturated heterocycles. The summed E-state index contributed by atoms with van der Waals surface area (Å²) >= 11 is 3.40. The minimum atomic E-state index is 0.117. The van der Waals surface area contributed by atoms with Crippen LogP contribution in [-0.4, -0.2) is 5.78 Å². The highest BCUT2D eigenvalue weighted by Crippen LogP contribution is 2.69. The van der Waals surface area contributed by atoms with Crippen molar-refractivity contribution < 1.29 is 4.79 Å². The standard InChI is InChI=1S/C14H17BrO/c1-13(2)12(14(13,3)4)11(16)9-6-5-7-10(15)8-9/h5-8,12H,1-4H3. The van der Waals surface area contributed by atoms with Crippen molar-refractivity contribution in [3.63, 3.8) is 0 Å². The van der Waals surface area contributed by atoms with E-state index in [1.165, 1.54) is 0 Å². The molecule has 1 aromatic rings. The van der Waals surface area contributed by atoms with Gasteiger partial charge in [-0.3, -0.25) is 4.79 Å². The highest BCUT2D eigenvalue weighted by atomic mass is 79.9. The van der Waals surface area contributed by atoms with Crippen LogP contribution in [-0.2, 0) is 0 Å². The predicted molar refractivity (Wildman–Crippen MR) is 69.5 cm³/mol. The Kier molecular flexibility index (Phi) is 2.54. The molecule has 0 aromatic heterocycles. The van der Waals surface area contributed by atoms with Crippen LogP contribution in [0.4, 0.5) is 0 Å². The maximum atomic E-state index is 12.4. The average molecular weight is 281 g/mol. The van der Waals surface area contributed by atoms with Crippen LogP contribution in [0, 0.1) is 16.7 Å². The first-order valence-electron chi connectivity index (χ1n) is 5.58. The summed E-state index contributed by atoms with van der Waals surface area (Å²) in [6.07, 6.45) is 0. The number of ketones is 1. The predicted octanol–water partition coefficient (Wildman–Crippen LogP) is 4.31. The third kappa shape index (κ3) is 1.55. The SMILES string of the molecule is CC1(C)C(C(=O)c2cccc(Br)c2)C1(C)C. The molecule has 1 aliphatic carbocycles. The molecule has 1 nitrogen and oxygen atoms in total. The lowest BCUT2D eigenvalue weighted by atomic mass is 10.0. The molecule has 1 aromatic carbocycles. The first-order chi connectivity index (χ1) is 7.28. The number of halogens is 1. The van der Waals surface area contributed by atoms with Crippen molar-refractivity contribution in [3.05, 3.63) is 34.3 Å². The van der Waals surface area contributed by atoms with E-state index < -0.39 is 0 Å². The molecule has 1 aliphatic rings. The largest absolute Gasteiger partial charge is 0.294 e. The van der Waals surface area contributed by atoms with E-state index in [-0.39, 0.29) is 22.5 Å². The molecule has 0 amide bonds. The minimum absolute atomic E-state index is 0.117. The maximum absolute atomic E-state index is 12.4. The first-order valence-corrected chi connectivity index (χ1v) is 6.37. The molecule has 1 fully saturated rings. The van der Waals surface area contributed by atoms with E-state index in [9.17, 15) is 4.79 Å². The van der Waals surface area contributed by atoms with Gasteiger partial charge < -0.3 is 0 Å². The normalized spacial score (nSPS) is 21.8. The molecule has 16 heavy (non-hydrogen) atoms. The molecule has 0 spiro atoms. The Hall–Kier alpha value is -0.630. The Balaban J connectivity index is 2.29. The average Bonchev–Trinajstić information content (AvgIpc) is 2.56. The molecule has 0 unspecified atom stereocenters. The van der Waals surface area contributed by atoms with E-state index in [0.717, 1.165) is 10.0 Å². The third-order valence-corrected chi connectivity index (χ3v) is 4.89. The van der Waals surface area contributed by atoms with Gasteiger partial charge >= 0.3 is 0 Å².